The summed E-state index contributed by atoms with van der Waals surface area (Å²) in [5, 5.41) is 17.6. The van der Waals surface area contributed by atoms with Crippen molar-refractivity contribution in [3.63, 3.8) is 0 Å². The third-order valence-electron chi connectivity index (χ3n) is 6.12. The molecule has 0 saturated heterocycles. The first kappa shape index (κ1) is 32.1. The number of aliphatic carboxylic acids is 1. The molecular formula is C23H45N5O5S. The van der Waals surface area contributed by atoms with Gasteiger partial charge in [-0.15, -0.1) is 0 Å². The molecule has 3 amide bonds. The summed E-state index contributed by atoms with van der Waals surface area (Å²) < 4.78 is 0. The van der Waals surface area contributed by atoms with Crippen molar-refractivity contribution in [3.05, 3.63) is 0 Å². The average molecular weight is 504 g/mol. The van der Waals surface area contributed by atoms with Crippen LogP contribution in [-0.2, 0) is 19.2 Å². The standard InChI is InChI=1S/C23H45N5O5S/c1-6-14(3)18(22(31)28-19(23(32)33)15(4)7-2)27-21(30)17(10-8-9-12-24)26-20(29)16(25)11-13-34-5/h14-19H,6-13,24-25H2,1-5H3,(H,26,29)(H,27,30)(H,28,31)(H,32,33). The summed E-state index contributed by atoms with van der Waals surface area (Å²) in [7, 11) is 0. The van der Waals surface area contributed by atoms with Crippen LogP contribution in [0, 0.1) is 11.8 Å². The minimum Gasteiger partial charge on any atom is -0.480 e. The number of carbonyl (C=O) groups is 4. The lowest BCUT2D eigenvalue weighted by atomic mass is 9.95. The molecule has 0 heterocycles. The molecule has 0 fully saturated rings. The molecule has 0 saturated carbocycles. The number of amides is 3. The number of carbonyl (C=O) groups excluding carboxylic acids is 3. The van der Waals surface area contributed by atoms with Gasteiger partial charge in [-0.2, -0.15) is 11.8 Å². The molecule has 10 nitrogen and oxygen atoms in total. The Morgan fingerprint density at radius 2 is 1.41 bits per heavy atom. The van der Waals surface area contributed by atoms with Crippen molar-refractivity contribution in [1.82, 2.24) is 16.0 Å². The lowest BCUT2D eigenvalue weighted by Crippen LogP contribution is -2.59. The van der Waals surface area contributed by atoms with E-state index in [-0.39, 0.29) is 11.8 Å². The van der Waals surface area contributed by atoms with Crippen LogP contribution in [0.25, 0.3) is 0 Å². The monoisotopic (exact) mass is 503 g/mol. The van der Waals surface area contributed by atoms with Gasteiger partial charge < -0.3 is 32.5 Å². The van der Waals surface area contributed by atoms with Crippen molar-refractivity contribution in [2.45, 2.75) is 90.4 Å². The van der Waals surface area contributed by atoms with Crippen LogP contribution in [0.2, 0.25) is 0 Å². The molecular weight excluding hydrogens is 458 g/mol. The molecule has 6 unspecified atom stereocenters. The zero-order valence-electron chi connectivity index (χ0n) is 21.3. The van der Waals surface area contributed by atoms with Crippen LogP contribution in [0.5, 0.6) is 0 Å². The Morgan fingerprint density at radius 1 is 0.853 bits per heavy atom. The largest absolute Gasteiger partial charge is 0.480 e. The molecule has 0 aromatic rings. The second kappa shape index (κ2) is 17.6. The van der Waals surface area contributed by atoms with Gasteiger partial charge >= 0.3 is 5.97 Å². The fourth-order valence-corrected chi connectivity index (χ4v) is 3.79. The first-order valence-corrected chi connectivity index (χ1v) is 13.5. The van der Waals surface area contributed by atoms with Gasteiger partial charge in [-0.1, -0.05) is 40.5 Å². The van der Waals surface area contributed by atoms with E-state index in [0.29, 0.717) is 45.1 Å². The Balaban J connectivity index is 5.55. The Kier molecular flexibility index (Phi) is 16.6. The van der Waals surface area contributed by atoms with Crippen molar-refractivity contribution >= 4 is 35.5 Å². The fraction of sp³-hybridized carbons (Fsp3) is 0.826. The summed E-state index contributed by atoms with van der Waals surface area (Å²) in [5.41, 5.74) is 11.5. The number of carboxylic acid groups (broad SMARTS) is 1. The van der Waals surface area contributed by atoms with Crippen LogP contribution in [-0.4, -0.2) is 71.5 Å². The molecule has 6 atom stereocenters. The van der Waals surface area contributed by atoms with E-state index >= 15 is 0 Å². The number of carboxylic acids is 1. The highest BCUT2D eigenvalue weighted by atomic mass is 32.2. The number of hydrogen-bond acceptors (Lipinski definition) is 7. The van der Waals surface area contributed by atoms with E-state index in [1.54, 1.807) is 18.7 Å². The van der Waals surface area contributed by atoms with Crippen molar-refractivity contribution in [3.8, 4) is 0 Å². The van der Waals surface area contributed by atoms with E-state index in [4.69, 9.17) is 11.5 Å². The fourth-order valence-electron chi connectivity index (χ4n) is 3.30. The van der Waals surface area contributed by atoms with E-state index in [2.05, 4.69) is 16.0 Å². The molecule has 0 aliphatic heterocycles. The molecule has 0 spiro atoms. The van der Waals surface area contributed by atoms with Gasteiger partial charge in [0.05, 0.1) is 6.04 Å². The second-order valence-corrected chi connectivity index (χ2v) is 9.80. The number of thioether (sulfide) groups is 1. The van der Waals surface area contributed by atoms with Gasteiger partial charge in [0.15, 0.2) is 0 Å². The van der Waals surface area contributed by atoms with Crippen molar-refractivity contribution < 1.29 is 24.3 Å². The molecule has 0 aromatic carbocycles. The summed E-state index contributed by atoms with van der Waals surface area (Å²) in [4.78, 5) is 50.4. The van der Waals surface area contributed by atoms with E-state index < -0.39 is 47.9 Å². The van der Waals surface area contributed by atoms with Crippen molar-refractivity contribution in [2.24, 2.45) is 23.3 Å². The highest BCUT2D eigenvalue weighted by Crippen LogP contribution is 2.13. The Morgan fingerprint density at radius 3 is 1.91 bits per heavy atom. The third-order valence-corrected chi connectivity index (χ3v) is 6.76. The van der Waals surface area contributed by atoms with E-state index in [1.807, 2.05) is 27.0 Å². The predicted molar refractivity (Wildman–Crippen MR) is 136 cm³/mol. The zero-order valence-corrected chi connectivity index (χ0v) is 22.1. The van der Waals surface area contributed by atoms with E-state index in [1.165, 1.54) is 0 Å². The zero-order chi connectivity index (χ0) is 26.3. The molecule has 198 valence electrons. The van der Waals surface area contributed by atoms with E-state index in [0.717, 1.165) is 5.75 Å². The van der Waals surface area contributed by atoms with Crippen LogP contribution in [0.4, 0.5) is 0 Å². The lowest BCUT2D eigenvalue weighted by Gasteiger charge is -2.29. The lowest BCUT2D eigenvalue weighted by molar-refractivity contribution is -0.144. The van der Waals surface area contributed by atoms with Gasteiger partial charge in [0.25, 0.3) is 0 Å². The van der Waals surface area contributed by atoms with Gasteiger partial charge in [-0.05, 0) is 56.1 Å². The maximum atomic E-state index is 13.2. The molecule has 0 aliphatic rings. The molecule has 0 aromatic heterocycles. The average Bonchev–Trinajstić information content (AvgIpc) is 2.81. The summed E-state index contributed by atoms with van der Waals surface area (Å²) in [6.45, 7) is 7.74. The first-order chi connectivity index (χ1) is 16.0. The summed E-state index contributed by atoms with van der Waals surface area (Å²) >= 11 is 1.58. The number of unbranched alkanes of at least 4 members (excludes halogenated alkanes) is 1. The second-order valence-electron chi connectivity index (χ2n) is 8.82. The van der Waals surface area contributed by atoms with Gasteiger partial charge in [0.1, 0.15) is 18.1 Å². The first-order valence-electron chi connectivity index (χ1n) is 12.1. The molecule has 0 radical (unpaired) electrons. The van der Waals surface area contributed by atoms with Crippen LogP contribution in [0.3, 0.4) is 0 Å². The smallest absolute Gasteiger partial charge is 0.326 e. The molecule has 0 aliphatic carbocycles. The van der Waals surface area contributed by atoms with Crippen LogP contribution >= 0.6 is 11.8 Å². The maximum absolute atomic E-state index is 13.2. The molecule has 34 heavy (non-hydrogen) atoms. The number of hydrogen-bond donors (Lipinski definition) is 6. The SMILES string of the molecule is CCC(C)C(NC(=O)C(NC(=O)C(CCCCN)NC(=O)C(N)CCSC)C(C)CC)C(=O)O. The minimum absolute atomic E-state index is 0.250. The van der Waals surface area contributed by atoms with Gasteiger partial charge in [-0.25, -0.2) is 4.79 Å². The molecule has 11 heteroatoms. The van der Waals surface area contributed by atoms with Crippen LogP contribution in [0.1, 0.15) is 66.2 Å². The Bertz CT molecular complexity index is 651. The molecule has 0 bridgehead atoms. The van der Waals surface area contributed by atoms with Crippen LogP contribution in [0.15, 0.2) is 0 Å². The van der Waals surface area contributed by atoms with E-state index in [9.17, 15) is 24.3 Å². The summed E-state index contributed by atoms with van der Waals surface area (Å²) in [6.07, 6.45) is 5.21. The van der Waals surface area contributed by atoms with Gasteiger partial charge in [0.2, 0.25) is 17.7 Å². The normalized spacial score (nSPS) is 16.4. The number of rotatable bonds is 18. The maximum Gasteiger partial charge on any atom is 0.326 e. The topological polar surface area (TPSA) is 177 Å². The minimum atomic E-state index is -1.12. The quantitative estimate of drug-likeness (QED) is 0.149. The summed E-state index contributed by atoms with van der Waals surface area (Å²) in [6, 6.07) is -3.61. The molecule has 0 rings (SSSR count). The van der Waals surface area contributed by atoms with Gasteiger partial charge in [0, 0.05) is 0 Å². The number of nitrogens with two attached hydrogens (primary N) is 2. The Hall–Kier alpha value is -1.85. The number of nitrogens with one attached hydrogen (secondary N) is 3. The van der Waals surface area contributed by atoms with Crippen molar-refractivity contribution in [1.29, 1.82) is 0 Å². The highest BCUT2D eigenvalue weighted by molar-refractivity contribution is 7.98. The highest BCUT2D eigenvalue weighted by Gasteiger charge is 2.33. The summed E-state index contributed by atoms with van der Waals surface area (Å²) in [5.74, 6) is -2.41. The van der Waals surface area contributed by atoms with Crippen LogP contribution < -0.4 is 27.4 Å². The predicted octanol–water partition coefficient (Wildman–Crippen LogP) is 0.827. The van der Waals surface area contributed by atoms with Crippen molar-refractivity contribution in [2.75, 3.05) is 18.6 Å². The Labute approximate surface area is 208 Å². The molecule has 8 N–H and O–H groups in total. The third kappa shape index (κ3) is 11.5. The van der Waals surface area contributed by atoms with Gasteiger partial charge in [-0.3, -0.25) is 14.4 Å².